The van der Waals surface area contributed by atoms with Crippen LogP contribution in [0.1, 0.15) is 24.3 Å². The minimum Gasteiger partial charge on any atom is -0.497 e. The van der Waals surface area contributed by atoms with Crippen molar-refractivity contribution >= 4 is 15.9 Å². The Morgan fingerprint density at radius 2 is 2.00 bits per heavy atom. The van der Waals surface area contributed by atoms with Gasteiger partial charge in [0.05, 0.1) is 24.4 Å². The van der Waals surface area contributed by atoms with E-state index in [4.69, 9.17) is 9.15 Å². The van der Waals surface area contributed by atoms with Gasteiger partial charge in [-0.05, 0) is 46.6 Å². The second-order valence-electron chi connectivity index (χ2n) is 4.07. The highest BCUT2D eigenvalue weighted by molar-refractivity contribution is 9.10. The van der Waals surface area contributed by atoms with Gasteiger partial charge < -0.3 is 14.5 Å². The number of methoxy groups -OCH3 is 1. The molecule has 18 heavy (non-hydrogen) atoms. The van der Waals surface area contributed by atoms with Crippen LogP contribution in [0.2, 0.25) is 0 Å². The first-order chi connectivity index (χ1) is 8.70. The molecule has 0 aliphatic heterocycles. The van der Waals surface area contributed by atoms with E-state index in [-0.39, 0.29) is 6.04 Å². The van der Waals surface area contributed by atoms with Crippen molar-refractivity contribution in [1.82, 2.24) is 5.32 Å². The van der Waals surface area contributed by atoms with Crippen molar-refractivity contribution in [3.63, 3.8) is 0 Å². The Balaban J connectivity index is 1.94. The quantitative estimate of drug-likeness (QED) is 0.909. The van der Waals surface area contributed by atoms with Gasteiger partial charge in [0, 0.05) is 6.04 Å². The van der Waals surface area contributed by atoms with E-state index in [9.17, 15) is 0 Å². The largest absolute Gasteiger partial charge is 0.497 e. The van der Waals surface area contributed by atoms with Crippen LogP contribution in [0.15, 0.2) is 45.5 Å². The van der Waals surface area contributed by atoms with E-state index in [2.05, 4.69) is 40.3 Å². The first-order valence-corrected chi connectivity index (χ1v) is 6.59. The van der Waals surface area contributed by atoms with Crippen molar-refractivity contribution in [3.8, 4) is 5.75 Å². The van der Waals surface area contributed by atoms with Crippen LogP contribution >= 0.6 is 15.9 Å². The van der Waals surface area contributed by atoms with Crippen LogP contribution in [0.25, 0.3) is 0 Å². The predicted molar refractivity (Wildman–Crippen MR) is 74.7 cm³/mol. The summed E-state index contributed by atoms with van der Waals surface area (Å²) < 4.78 is 11.5. The van der Waals surface area contributed by atoms with Crippen LogP contribution in [0.5, 0.6) is 5.75 Å². The zero-order chi connectivity index (χ0) is 13.0. The summed E-state index contributed by atoms with van der Waals surface area (Å²) in [5.74, 6) is 1.79. The average molecular weight is 310 g/mol. The van der Waals surface area contributed by atoms with Gasteiger partial charge in [0.25, 0.3) is 0 Å². The van der Waals surface area contributed by atoms with Gasteiger partial charge in [0.1, 0.15) is 11.5 Å². The molecule has 0 aliphatic carbocycles. The summed E-state index contributed by atoms with van der Waals surface area (Å²) in [7, 11) is 1.67. The van der Waals surface area contributed by atoms with Crippen LogP contribution in [0, 0.1) is 0 Å². The van der Waals surface area contributed by atoms with Crippen molar-refractivity contribution < 1.29 is 9.15 Å². The Morgan fingerprint density at radius 1 is 1.28 bits per heavy atom. The highest BCUT2D eigenvalue weighted by Gasteiger charge is 2.08. The number of benzene rings is 1. The second-order valence-corrected chi connectivity index (χ2v) is 4.92. The molecule has 1 atom stereocenters. The molecule has 0 amide bonds. The molecule has 0 saturated carbocycles. The highest BCUT2D eigenvalue weighted by atomic mass is 79.9. The molecule has 2 rings (SSSR count). The molecule has 0 spiro atoms. The van der Waals surface area contributed by atoms with E-state index in [0.29, 0.717) is 6.54 Å². The van der Waals surface area contributed by atoms with E-state index in [1.54, 1.807) is 13.4 Å². The third kappa shape index (κ3) is 3.15. The Labute approximate surface area is 115 Å². The molecule has 0 saturated heterocycles. The molecule has 1 aromatic carbocycles. The Hall–Kier alpha value is -1.26. The van der Waals surface area contributed by atoms with E-state index in [0.717, 1.165) is 16.0 Å². The van der Waals surface area contributed by atoms with Gasteiger partial charge in [0.15, 0.2) is 0 Å². The number of halogens is 1. The summed E-state index contributed by atoms with van der Waals surface area (Å²) in [6.07, 6.45) is 1.68. The molecule has 3 nitrogen and oxygen atoms in total. The summed E-state index contributed by atoms with van der Waals surface area (Å²) in [5, 5.41) is 3.42. The van der Waals surface area contributed by atoms with Gasteiger partial charge in [-0.25, -0.2) is 0 Å². The van der Waals surface area contributed by atoms with Crippen molar-refractivity contribution in [2.24, 2.45) is 0 Å². The van der Waals surface area contributed by atoms with E-state index in [1.807, 2.05) is 18.2 Å². The molecule has 1 heterocycles. The molecule has 0 unspecified atom stereocenters. The first kappa shape index (κ1) is 13.2. The van der Waals surface area contributed by atoms with Crippen LogP contribution in [0.4, 0.5) is 0 Å². The standard InChI is InChI=1S/C14H16BrNO2/c1-10(11-3-5-12(17-2)6-4-11)16-9-14-13(15)7-8-18-14/h3-8,10,16H,9H2,1-2H3/t10-/m0/s1. The van der Waals surface area contributed by atoms with Crippen LogP contribution in [0.3, 0.4) is 0 Å². The lowest BCUT2D eigenvalue weighted by atomic mass is 10.1. The Morgan fingerprint density at radius 3 is 2.56 bits per heavy atom. The van der Waals surface area contributed by atoms with Gasteiger partial charge in [-0.1, -0.05) is 12.1 Å². The Kier molecular flexibility index (Phi) is 4.44. The number of furan rings is 1. The van der Waals surface area contributed by atoms with Crippen LogP contribution in [-0.4, -0.2) is 7.11 Å². The molecule has 4 heteroatoms. The lowest BCUT2D eigenvalue weighted by Gasteiger charge is -2.14. The topological polar surface area (TPSA) is 34.4 Å². The maximum absolute atomic E-state index is 5.36. The van der Waals surface area contributed by atoms with E-state index < -0.39 is 0 Å². The molecule has 2 aromatic rings. The maximum Gasteiger partial charge on any atom is 0.131 e. The fourth-order valence-electron chi connectivity index (χ4n) is 1.71. The molecular formula is C14H16BrNO2. The van der Waals surface area contributed by atoms with Gasteiger partial charge >= 0.3 is 0 Å². The SMILES string of the molecule is COc1ccc([C@H](C)NCc2occc2Br)cc1. The third-order valence-corrected chi connectivity index (χ3v) is 3.58. The maximum atomic E-state index is 5.36. The summed E-state index contributed by atoms with van der Waals surface area (Å²) in [4.78, 5) is 0. The molecule has 96 valence electrons. The molecule has 0 bridgehead atoms. The second kappa shape index (κ2) is 6.07. The van der Waals surface area contributed by atoms with Crippen molar-refractivity contribution in [2.45, 2.75) is 19.5 Å². The zero-order valence-corrected chi connectivity index (χ0v) is 12.0. The molecule has 1 N–H and O–H groups in total. The fraction of sp³-hybridized carbons (Fsp3) is 0.286. The van der Waals surface area contributed by atoms with Gasteiger partial charge in [-0.15, -0.1) is 0 Å². The fourth-order valence-corrected chi connectivity index (χ4v) is 2.05. The summed E-state index contributed by atoms with van der Waals surface area (Å²) in [6, 6.07) is 10.2. The van der Waals surface area contributed by atoms with Crippen LogP contribution < -0.4 is 10.1 Å². The number of hydrogen-bond acceptors (Lipinski definition) is 3. The molecular weight excluding hydrogens is 294 g/mol. The summed E-state index contributed by atoms with van der Waals surface area (Å²) in [5.41, 5.74) is 1.22. The molecule has 0 aliphatic rings. The van der Waals surface area contributed by atoms with Crippen molar-refractivity contribution in [2.75, 3.05) is 7.11 Å². The molecule has 1 aromatic heterocycles. The minimum absolute atomic E-state index is 0.257. The predicted octanol–water partition coefficient (Wildman–Crippen LogP) is 3.90. The highest BCUT2D eigenvalue weighted by Crippen LogP contribution is 2.20. The lowest BCUT2D eigenvalue weighted by Crippen LogP contribution is -2.17. The van der Waals surface area contributed by atoms with Gasteiger partial charge in [-0.2, -0.15) is 0 Å². The smallest absolute Gasteiger partial charge is 0.131 e. The normalized spacial score (nSPS) is 12.4. The van der Waals surface area contributed by atoms with E-state index in [1.165, 1.54) is 5.56 Å². The molecule has 0 fully saturated rings. The lowest BCUT2D eigenvalue weighted by molar-refractivity contribution is 0.414. The van der Waals surface area contributed by atoms with Gasteiger partial charge in [-0.3, -0.25) is 0 Å². The zero-order valence-electron chi connectivity index (χ0n) is 10.4. The van der Waals surface area contributed by atoms with E-state index >= 15 is 0 Å². The Bertz CT molecular complexity index is 493. The summed E-state index contributed by atoms with van der Waals surface area (Å²) in [6.45, 7) is 2.82. The van der Waals surface area contributed by atoms with Crippen molar-refractivity contribution in [1.29, 1.82) is 0 Å². The monoisotopic (exact) mass is 309 g/mol. The number of rotatable bonds is 5. The van der Waals surface area contributed by atoms with Crippen LogP contribution in [-0.2, 0) is 6.54 Å². The number of ether oxygens (including phenoxy) is 1. The minimum atomic E-state index is 0.257. The van der Waals surface area contributed by atoms with Crippen molar-refractivity contribution in [3.05, 3.63) is 52.4 Å². The first-order valence-electron chi connectivity index (χ1n) is 5.80. The van der Waals surface area contributed by atoms with Gasteiger partial charge in [0.2, 0.25) is 0 Å². The molecule has 0 radical (unpaired) electrons. The third-order valence-electron chi connectivity index (χ3n) is 2.88. The number of nitrogens with one attached hydrogen (secondary N) is 1. The average Bonchev–Trinajstić information content (AvgIpc) is 2.81. The number of hydrogen-bond donors (Lipinski definition) is 1. The summed E-state index contributed by atoms with van der Waals surface area (Å²) >= 11 is 3.44.